The van der Waals surface area contributed by atoms with Gasteiger partial charge in [0.25, 0.3) is 0 Å². The van der Waals surface area contributed by atoms with Crippen LogP contribution < -0.4 is 10.6 Å². The fraction of sp³-hybridized carbons (Fsp3) is 0.400. The van der Waals surface area contributed by atoms with E-state index in [9.17, 15) is 9.59 Å². The van der Waals surface area contributed by atoms with Gasteiger partial charge in [-0.25, -0.2) is 0 Å². The first-order valence-corrected chi connectivity index (χ1v) is 8.98. The Hall–Kier alpha value is -2.40. The fourth-order valence-electron chi connectivity index (χ4n) is 3.51. The van der Waals surface area contributed by atoms with Gasteiger partial charge in [0, 0.05) is 25.7 Å². The Morgan fingerprint density at radius 2 is 1.96 bits per heavy atom. The summed E-state index contributed by atoms with van der Waals surface area (Å²) in [5.74, 6) is -0.0649. The zero-order chi connectivity index (χ0) is 17.2. The number of benzene rings is 2. The van der Waals surface area contributed by atoms with Gasteiger partial charge < -0.3 is 10.6 Å². The van der Waals surface area contributed by atoms with Gasteiger partial charge in [-0.05, 0) is 29.2 Å². The summed E-state index contributed by atoms with van der Waals surface area (Å²) < 4.78 is 0. The van der Waals surface area contributed by atoms with Gasteiger partial charge >= 0.3 is 0 Å². The lowest BCUT2D eigenvalue weighted by Crippen LogP contribution is -2.56. The first kappa shape index (κ1) is 16.1. The van der Waals surface area contributed by atoms with Gasteiger partial charge in [0.15, 0.2) is 0 Å². The van der Waals surface area contributed by atoms with Crippen LogP contribution in [0.5, 0.6) is 0 Å². The lowest BCUT2D eigenvalue weighted by molar-refractivity contribution is -0.134. The molecule has 5 nitrogen and oxygen atoms in total. The van der Waals surface area contributed by atoms with E-state index in [2.05, 4.69) is 45.9 Å². The van der Waals surface area contributed by atoms with Crippen LogP contribution in [0.2, 0.25) is 0 Å². The molecule has 2 aromatic carbocycles. The van der Waals surface area contributed by atoms with Crippen LogP contribution in [0.1, 0.15) is 24.8 Å². The highest BCUT2D eigenvalue weighted by Gasteiger charge is 2.33. The van der Waals surface area contributed by atoms with Crippen molar-refractivity contribution in [3.63, 3.8) is 0 Å². The van der Waals surface area contributed by atoms with Crippen LogP contribution in [0, 0.1) is 0 Å². The molecule has 2 fully saturated rings. The minimum absolute atomic E-state index is 0.0209. The third kappa shape index (κ3) is 3.66. The van der Waals surface area contributed by atoms with Gasteiger partial charge in [-0.1, -0.05) is 42.5 Å². The molecule has 2 amide bonds. The van der Waals surface area contributed by atoms with Crippen molar-refractivity contribution in [3.8, 4) is 0 Å². The van der Waals surface area contributed by atoms with Gasteiger partial charge in [-0.3, -0.25) is 14.5 Å². The maximum Gasteiger partial charge on any atom is 0.237 e. The van der Waals surface area contributed by atoms with Crippen LogP contribution in [0.4, 0.5) is 0 Å². The van der Waals surface area contributed by atoms with Crippen molar-refractivity contribution in [3.05, 3.63) is 48.0 Å². The molecule has 1 saturated carbocycles. The second-order valence-electron chi connectivity index (χ2n) is 6.96. The van der Waals surface area contributed by atoms with Gasteiger partial charge in [0.05, 0.1) is 12.5 Å². The maximum absolute atomic E-state index is 12.4. The SMILES string of the molecule is O=C(C[C@H]1C(=O)NCCN1Cc1cccc2ccccc12)NC1CC1. The monoisotopic (exact) mass is 337 g/mol. The van der Waals surface area contributed by atoms with Crippen LogP contribution in [-0.4, -0.2) is 41.9 Å². The molecule has 25 heavy (non-hydrogen) atoms. The molecule has 1 aliphatic carbocycles. The van der Waals surface area contributed by atoms with E-state index in [1.807, 2.05) is 12.1 Å². The normalized spacial score (nSPS) is 21.1. The molecule has 0 radical (unpaired) electrons. The van der Waals surface area contributed by atoms with Crippen molar-refractivity contribution in [2.75, 3.05) is 13.1 Å². The number of nitrogens with zero attached hydrogens (tertiary/aromatic N) is 1. The number of nitrogens with one attached hydrogen (secondary N) is 2. The number of fused-ring (bicyclic) bond motifs is 1. The fourth-order valence-corrected chi connectivity index (χ4v) is 3.51. The highest BCUT2D eigenvalue weighted by Crippen LogP contribution is 2.23. The van der Waals surface area contributed by atoms with Gasteiger partial charge in [0.2, 0.25) is 11.8 Å². The molecule has 2 N–H and O–H groups in total. The average molecular weight is 337 g/mol. The molecule has 1 saturated heterocycles. The van der Waals surface area contributed by atoms with Gasteiger partial charge in [-0.2, -0.15) is 0 Å². The summed E-state index contributed by atoms with van der Waals surface area (Å²) in [7, 11) is 0. The average Bonchev–Trinajstić information content (AvgIpc) is 3.42. The van der Waals surface area contributed by atoms with E-state index < -0.39 is 6.04 Å². The Balaban J connectivity index is 1.53. The van der Waals surface area contributed by atoms with Crippen LogP contribution in [0.15, 0.2) is 42.5 Å². The Bertz CT molecular complexity index is 795. The van der Waals surface area contributed by atoms with Crippen LogP contribution >= 0.6 is 0 Å². The smallest absolute Gasteiger partial charge is 0.237 e. The quantitative estimate of drug-likeness (QED) is 0.875. The molecule has 5 heteroatoms. The number of carbonyl (C=O) groups excluding carboxylic acids is 2. The summed E-state index contributed by atoms with van der Waals surface area (Å²) >= 11 is 0. The zero-order valence-electron chi connectivity index (χ0n) is 14.2. The summed E-state index contributed by atoms with van der Waals surface area (Å²) in [6.07, 6.45) is 2.34. The molecule has 1 aliphatic heterocycles. The molecule has 4 rings (SSSR count). The molecule has 2 aliphatic rings. The van der Waals surface area contributed by atoms with Crippen molar-refractivity contribution in [2.24, 2.45) is 0 Å². The van der Waals surface area contributed by atoms with Crippen LogP contribution in [0.25, 0.3) is 10.8 Å². The molecular formula is C20H23N3O2. The summed E-state index contributed by atoms with van der Waals surface area (Å²) in [5, 5.41) is 8.29. The predicted octanol–water partition coefficient (Wildman–Crippen LogP) is 1.81. The number of rotatable bonds is 5. The lowest BCUT2D eigenvalue weighted by Gasteiger charge is -2.35. The Labute approximate surface area is 147 Å². The zero-order valence-corrected chi connectivity index (χ0v) is 14.2. The molecule has 1 heterocycles. The molecule has 0 unspecified atom stereocenters. The maximum atomic E-state index is 12.4. The topological polar surface area (TPSA) is 61.4 Å². The van der Waals surface area contributed by atoms with Crippen molar-refractivity contribution in [1.29, 1.82) is 0 Å². The van der Waals surface area contributed by atoms with Crippen LogP contribution in [-0.2, 0) is 16.1 Å². The Kier molecular flexibility index (Phi) is 4.40. The highest BCUT2D eigenvalue weighted by molar-refractivity contribution is 5.89. The summed E-state index contributed by atoms with van der Waals surface area (Å²) in [6.45, 7) is 2.07. The van der Waals surface area contributed by atoms with E-state index in [1.54, 1.807) is 0 Å². The lowest BCUT2D eigenvalue weighted by atomic mass is 10.0. The minimum atomic E-state index is -0.397. The first-order valence-electron chi connectivity index (χ1n) is 8.98. The van der Waals surface area contributed by atoms with Crippen molar-refractivity contribution in [1.82, 2.24) is 15.5 Å². The van der Waals surface area contributed by atoms with E-state index in [4.69, 9.17) is 0 Å². The van der Waals surface area contributed by atoms with Crippen molar-refractivity contribution >= 4 is 22.6 Å². The van der Waals surface area contributed by atoms with Gasteiger partial charge in [-0.15, -0.1) is 0 Å². The predicted molar refractivity (Wildman–Crippen MR) is 96.9 cm³/mol. The second-order valence-corrected chi connectivity index (χ2v) is 6.96. The molecular weight excluding hydrogens is 314 g/mol. The molecule has 0 bridgehead atoms. The van der Waals surface area contributed by atoms with E-state index in [0.29, 0.717) is 19.1 Å². The van der Waals surface area contributed by atoms with Crippen molar-refractivity contribution in [2.45, 2.75) is 37.9 Å². The minimum Gasteiger partial charge on any atom is -0.353 e. The first-order chi connectivity index (χ1) is 12.2. The van der Waals surface area contributed by atoms with Crippen molar-refractivity contribution < 1.29 is 9.59 Å². The molecule has 130 valence electrons. The molecule has 2 aromatic rings. The Morgan fingerprint density at radius 3 is 2.80 bits per heavy atom. The van der Waals surface area contributed by atoms with E-state index in [0.717, 1.165) is 19.4 Å². The highest BCUT2D eigenvalue weighted by atomic mass is 16.2. The number of carbonyl (C=O) groups is 2. The van der Waals surface area contributed by atoms with E-state index >= 15 is 0 Å². The molecule has 0 aromatic heterocycles. The number of piperazine rings is 1. The summed E-state index contributed by atoms with van der Waals surface area (Å²) in [5.41, 5.74) is 1.19. The largest absolute Gasteiger partial charge is 0.353 e. The molecule has 1 atom stereocenters. The van der Waals surface area contributed by atoms with E-state index in [-0.39, 0.29) is 18.2 Å². The van der Waals surface area contributed by atoms with Crippen LogP contribution in [0.3, 0.4) is 0 Å². The number of hydrogen-bond donors (Lipinski definition) is 2. The number of hydrogen-bond acceptors (Lipinski definition) is 3. The third-order valence-corrected chi connectivity index (χ3v) is 5.02. The summed E-state index contributed by atoms with van der Waals surface area (Å²) in [4.78, 5) is 26.7. The third-order valence-electron chi connectivity index (χ3n) is 5.02. The second kappa shape index (κ2) is 6.84. The molecule has 0 spiro atoms. The summed E-state index contributed by atoms with van der Waals surface area (Å²) in [6, 6.07) is 14.5. The number of amides is 2. The van der Waals surface area contributed by atoms with E-state index in [1.165, 1.54) is 16.3 Å². The van der Waals surface area contributed by atoms with Gasteiger partial charge in [0.1, 0.15) is 0 Å². The standard InChI is InChI=1S/C20H23N3O2/c24-19(22-16-8-9-16)12-18-20(25)21-10-11-23(18)13-15-6-3-5-14-4-1-2-7-17(14)15/h1-7,16,18H,8-13H2,(H,21,25)(H,22,24)/t18-/m0/s1. The Morgan fingerprint density at radius 1 is 1.16 bits per heavy atom.